The molecule has 6 heteroatoms. The highest BCUT2D eigenvalue weighted by atomic mass is 16.4. The monoisotopic (exact) mass is 1110 g/mol. The van der Waals surface area contributed by atoms with E-state index in [0.29, 0.717) is 46.2 Å². The maximum Gasteiger partial charge on any atom is 0.120 e. The van der Waals surface area contributed by atoms with Crippen LogP contribution in [0.2, 0.25) is 0 Å². The molecule has 446 valence electrons. The van der Waals surface area contributed by atoms with E-state index < -0.39 is 46.4 Å². The van der Waals surface area contributed by atoms with Gasteiger partial charge in [-0.3, -0.25) is 0 Å². The molecular formula is C76H106O6. The molecule has 0 aliphatic heterocycles. The fourth-order valence-corrected chi connectivity index (χ4v) is 13.5. The van der Waals surface area contributed by atoms with E-state index in [0.717, 1.165) is 51.4 Å². The molecule has 0 radical (unpaired) electrons. The van der Waals surface area contributed by atoms with E-state index in [1.165, 1.54) is 116 Å². The van der Waals surface area contributed by atoms with Crippen LogP contribution in [0.15, 0.2) is 182 Å². The summed E-state index contributed by atoms with van der Waals surface area (Å²) in [7, 11) is 0. The fraction of sp³-hybridized carbons (Fsp3) is 0.526. The molecule has 2 unspecified atom stereocenters. The maximum atomic E-state index is 14.1. The predicted molar refractivity (Wildman–Crippen MR) is 342 cm³/mol. The van der Waals surface area contributed by atoms with Crippen LogP contribution in [0.25, 0.3) is 0 Å². The Kier molecular flexibility index (Phi) is 29.1. The van der Waals surface area contributed by atoms with Gasteiger partial charge in [-0.15, -0.1) is 0 Å². The second-order valence-corrected chi connectivity index (χ2v) is 24.2. The van der Waals surface area contributed by atoms with E-state index in [1.54, 1.807) is 0 Å². The minimum Gasteiger partial charge on any atom is -0.388 e. The zero-order chi connectivity index (χ0) is 58.2. The Hall–Kier alpha value is -4.92. The zero-order valence-corrected chi connectivity index (χ0v) is 50.5. The van der Waals surface area contributed by atoms with Gasteiger partial charge in [-0.05, 0) is 46.2 Å². The molecule has 0 saturated heterocycles. The molecule has 6 aromatic carbocycles. The van der Waals surface area contributed by atoms with Gasteiger partial charge in [-0.25, -0.2) is 0 Å². The van der Waals surface area contributed by atoms with Gasteiger partial charge in [0.05, 0.1) is 10.8 Å². The summed E-state index contributed by atoms with van der Waals surface area (Å²) in [5.74, 6) is 0. The van der Waals surface area contributed by atoms with Crippen molar-refractivity contribution in [2.45, 2.75) is 253 Å². The van der Waals surface area contributed by atoms with Gasteiger partial charge < -0.3 is 30.6 Å². The van der Waals surface area contributed by atoms with Gasteiger partial charge in [0.1, 0.15) is 35.6 Å². The Morgan fingerprint density at radius 1 is 0.244 bits per heavy atom. The second kappa shape index (κ2) is 36.0. The quantitative estimate of drug-likeness (QED) is 0.0168. The van der Waals surface area contributed by atoms with Crippen LogP contribution in [0.3, 0.4) is 0 Å². The van der Waals surface area contributed by atoms with Crippen molar-refractivity contribution in [3.8, 4) is 0 Å². The van der Waals surface area contributed by atoms with Crippen LogP contribution >= 0.6 is 0 Å². The average molecular weight is 1120 g/mol. The smallest absolute Gasteiger partial charge is 0.120 e. The van der Waals surface area contributed by atoms with Crippen LogP contribution in [-0.2, 0) is 10.8 Å². The first-order valence-electron chi connectivity index (χ1n) is 32.6. The van der Waals surface area contributed by atoms with Crippen molar-refractivity contribution in [3.05, 3.63) is 215 Å². The number of rotatable bonds is 43. The molecule has 0 bridgehead atoms. The molecule has 0 heterocycles. The summed E-state index contributed by atoms with van der Waals surface area (Å²) in [5, 5.41) is 83.1. The van der Waals surface area contributed by atoms with Gasteiger partial charge in [0.2, 0.25) is 0 Å². The summed E-state index contributed by atoms with van der Waals surface area (Å²) in [5.41, 5.74) is -3.75. The van der Waals surface area contributed by atoms with Gasteiger partial charge in [0.25, 0.3) is 0 Å². The van der Waals surface area contributed by atoms with E-state index >= 15 is 0 Å². The summed E-state index contributed by atoms with van der Waals surface area (Å²) < 4.78 is 0. The van der Waals surface area contributed by atoms with Crippen LogP contribution in [0.1, 0.15) is 240 Å². The largest absolute Gasteiger partial charge is 0.388 e. The molecule has 0 amide bonds. The molecule has 0 spiro atoms. The highest BCUT2D eigenvalue weighted by molar-refractivity contribution is 5.55. The molecule has 6 N–H and O–H groups in total. The van der Waals surface area contributed by atoms with Crippen molar-refractivity contribution in [2.75, 3.05) is 0 Å². The first-order valence-corrected chi connectivity index (χ1v) is 32.6. The third-order valence-corrected chi connectivity index (χ3v) is 18.3. The molecular weight excluding hydrogens is 1010 g/mol. The van der Waals surface area contributed by atoms with E-state index in [9.17, 15) is 30.6 Å². The number of hydrogen-bond donors (Lipinski definition) is 6. The summed E-state index contributed by atoms with van der Waals surface area (Å²) in [6, 6.07) is 57.9. The molecule has 0 fully saturated rings. The number of benzene rings is 6. The van der Waals surface area contributed by atoms with Crippen LogP contribution in [0.4, 0.5) is 0 Å². The lowest BCUT2D eigenvalue weighted by Crippen LogP contribution is -2.70. The van der Waals surface area contributed by atoms with Crippen LogP contribution < -0.4 is 0 Å². The van der Waals surface area contributed by atoms with Crippen molar-refractivity contribution in [1.29, 1.82) is 0 Å². The van der Waals surface area contributed by atoms with Gasteiger partial charge in [-0.1, -0.05) is 376 Å². The molecule has 82 heavy (non-hydrogen) atoms. The topological polar surface area (TPSA) is 121 Å². The minimum absolute atomic E-state index is 0.0924. The summed E-state index contributed by atoms with van der Waals surface area (Å²) >= 11 is 0. The van der Waals surface area contributed by atoms with Gasteiger partial charge in [0.15, 0.2) is 0 Å². The van der Waals surface area contributed by atoms with E-state index in [-0.39, 0.29) is 12.8 Å². The number of aliphatic hydroxyl groups is 6. The normalized spacial score (nSPS) is 15.1. The number of aliphatic hydroxyl groups excluding tert-OH is 4. The Labute approximate surface area is 496 Å². The van der Waals surface area contributed by atoms with Crippen molar-refractivity contribution in [1.82, 2.24) is 0 Å². The fourth-order valence-electron chi connectivity index (χ4n) is 13.5. The van der Waals surface area contributed by atoms with Crippen molar-refractivity contribution < 1.29 is 30.6 Å². The highest BCUT2D eigenvalue weighted by Gasteiger charge is 2.63. The Balaban J connectivity index is 1.38. The average Bonchev–Trinajstić information content (AvgIpc) is 3.53. The van der Waals surface area contributed by atoms with Gasteiger partial charge in [0, 0.05) is 0 Å². The Bertz CT molecular complexity index is 2150. The van der Waals surface area contributed by atoms with Crippen LogP contribution in [0, 0.1) is 0 Å². The van der Waals surface area contributed by atoms with E-state index in [2.05, 4.69) is 13.8 Å². The standard InChI is InChI=1S/C76H106O6/c1-3-5-7-9-11-13-15-17-19-21-23-25-27-47-61-73(81,71(79)75(63-49-35-29-36-50-63,64-51-37-30-38-52-64)65-53-39-31-40-54-65)69(77)70(78)74(82,62-48-28-26-24-22-20-18-16-14-12-10-8-6-4-2)72(80)76(66-55-41-32-42-56-66,67-57-43-33-44-58-67)68-59-45-34-46-60-68/h29-46,49-60,69-72,77-82H,3-28,47-48,61-62H2,1-2H3/t69-,70-,71?,72?,73-,74-/m0/s1. The molecule has 0 saturated carbocycles. The SMILES string of the molecule is CCCCCCCCCCCCCCCC[C@@](O)(C(O)C(c1ccccc1)(c1ccccc1)c1ccccc1)[C@@H](O)[C@H](O)[C@@](O)(CCCCCCCCCCCCCCCC)C(O)C(c1ccccc1)(c1ccccc1)c1ccccc1. The molecule has 6 aromatic rings. The molecule has 0 aliphatic carbocycles. The van der Waals surface area contributed by atoms with Crippen molar-refractivity contribution in [2.24, 2.45) is 0 Å². The molecule has 0 aliphatic rings. The molecule has 6 atom stereocenters. The first kappa shape index (κ1) is 66.2. The second-order valence-electron chi connectivity index (χ2n) is 24.2. The number of hydrogen-bond acceptors (Lipinski definition) is 6. The minimum atomic E-state index is -2.46. The van der Waals surface area contributed by atoms with Gasteiger partial charge >= 0.3 is 0 Å². The molecule has 0 aromatic heterocycles. The Morgan fingerprint density at radius 3 is 0.573 bits per heavy atom. The lowest BCUT2D eigenvalue weighted by atomic mass is 9.57. The van der Waals surface area contributed by atoms with E-state index in [4.69, 9.17) is 0 Å². The van der Waals surface area contributed by atoms with E-state index in [1.807, 2.05) is 182 Å². The highest BCUT2D eigenvalue weighted by Crippen LogP contribution is 2.51. The van der Waals surface area contributed by atoms with Crippen LogP contribution in [0.5, 0.6) is 0 Å². The van der Waals surface area contributed by atoms with Crippen LogP contribution in [-0.4, -0.2) is 66.3 Å². The third kappa shape index (κ3) is 17.6. The Morgan fingerprint density at radius 2 is 0.402 bits per heavy atom. The molecule has 6 nitrogen and oxygen atoms in total. The summed E-state index contributed by atoms with van der Waals surface area (Å²) in [4.78, 5) is 0. The number of unbranched alkanes of at least 4 members (excludes halogenated alkanes) is 26. The zero-order valence-electron chi connectivity index (χ0n) is 50.5. The molecule has 6 rings (SSSR count). The predicted octanol–water partition coefficient (Wildman–Crippen LogP) is 17.7. The maximum absolute atomic E-state index is 14.1. The van der Waals surface area contributed by atoms with Crippen molar-refractivity contribution >= 4 is 0 Å². The first-order chi connectivity index (χ1) is 40.1. The van der Waals surface area contributed by atoms with Gasteiger partial charge in [-0.2, -0.15) is 0 Å². The summed E-state index contributed by atoms with van der Waals surface area (Å²) in [6.07, 6.45) is 23.6. The van der Waals surface area contributed by atoms with Crippen molar-refractivity contribution in [3.63, 3.8) is 0 Å². The third-order valence-electron chi connectivity index (χ3n) is 18.3. The lowest BCUT2D eigenvalue weighted by Gasteiger charge is -2.53. The summed E-state index contributed by atoms with van der Waals surface area (Å²) in [6.45, 7) is 4.52. The lowest BCUT2D eigenvalue weighted by molar-refractivity contribution is -0.246.